The van der Waals surface area contributed by atoms with Gasteiger partial charge in [0.05, 0.1) is 5.92 Å². The molecule has 1 saturated heterocycles. The van der Waals surface area contributed by atoms with Crippen molar-refractivity contribution in [3.8, 4) is 11.5 Å². The molecular weight excluding hydrogens is 344 g/mol. The average molecular weight is 373 g/mol. The van der Waals surface area contributed by atoms with Crippen molar-refractivity contribution in [3.63, 3.8) is 0 Å². The number of ether oxygens (including phenoxy) is 2. The molecule has 0 radical (unpaired) electrons. The monoisotopic (exact) mass is 372 g/mol. The summed E-state index contributed by atoms with van der Waals surface area (Å²) in [6.07, 6.45) is 0. The lowest BCUT2D eigenvalue weighted by atomic mass is 9.86. The first-order chi connectivity index (χ1) is 11.8. The van der Waals surface area contributed by atoms with Crippen LogP contribution < -0.4 is 0 Å². The van der Waals surface area contributed by atoms with Gasteiger partial charge in [0.1, 0.15) is 8.07 Å². The smallest absolute Gasteiger partial charge is 0.325 e. The first-order valence-corrected chi connectivity index (χ1v) is 11.9. The van der Waals surface area contributed by atoms with Gasteiger partial charge in [-0.05, 0) is 10.6 Å². The lowest BCUT2D eigenvalue weighted by molar-refractivity contribution is -0.240. The molecule has 1 fully saturated rings. The summed E-state index contributed by atoms with van der Waals surface area (Å²) >= 11 is 0. The topological polar surface area (TPSA) is 52.6 Å². The highest BCUT2D eigenvalue weighted by molar-refractivity contribution is 6.87. The van der Waals surface area contributed by atoms with Gasteiger partial charge in [-0.2, -0.15) is 0 Å². The maximum absolute atomic E-state index is 12.6. The van der Waals surface area contributed by atoms with Crippen molar-refractivity contribution in [2.75, 3.05) is 0 Å². The molecule has 1 aromatic rings. The number of hydrogen-bond acceptors (Lipinski definition) is 4. The predicted octanol–water partition coefficient (Wildman–Crippen LogP) is 4.27. The summed E-state index contributed by atoms with van der Waals surface area (Å²) in [5.41, 5.74) is 4.25. The molecule has 1 aliphatic rings. The highest BCUT2D eigenvalue weighted by atomic mass is 28.3. The number of cyclic esters (lactones) is 2. The van der Waals surface area contributed by atoms with Crippen molar-refractivity contribution >= 4 is 20.0 Å². The zero-order chi connectivity index (χ0) is 19.8. The molecule has 0 aromatic heterocycles. The van der Waals surface area contributed by atoms with E-state index in [9.17, 15) is 9.59 Å². The summed E-state index contributed by atoms with van der Waals surface area (Å²) in [5, 5.41) is 0.0802. The van der Waals surface area contributed by atoms with Gasteiger partial charge in [0.15, 0.2) is 5.92 Å². The van der Waals surface area contributed by atoms with Gasteiger partial charge >= 0.3 is 11.9 Å². The number of carbonyl (C=O) groups excluding carboxylic acids is 2. The molecule has 0 bridgehead atoms. The highest BCUT2D eigenvalue weighted by Gasteiger charge is 2.47. The Bertz CT molecular complexity index is 728. The SMILES string of the molecule is CC1(C)OC(=O)C([C@H](C#C[Si](C)(C)C(C)(C)C)c2ccccc2)C(=O)O1. The van der Waals surface area contributed by atoms with Crippen molar-refractivity contribution in [1.29, 1.82) is 0 Å². The molecule has 0 spiro atoms. The Morgan fingerprint density at radius 1 is 1.04 bits per heavy atom. The van der Waals surface area contributed by atoms with E-state index in [2.05, 4.69) is 45.3 Å². The second-order valence-corrected chi connectivity index (χ2v) is 13.8. The van der Waals surface area contributed by atoms with Gasteiger partial charge in [-0.1, -0.05) is 64.2 Å². The Labute approximate surface area is 157 Å². The van der Waals surface area contributed by atoms with Gasteiger partial charge in [0, 0.05) is 13.8 Å². The highest BCUT2D eigenvalue weighted by Crippen LogP contribution is 2.37. The van der Waals surface area contributed by atoms with Gasteiger partial charge in [-0.15, -0.1) is 11.5 Å². The van der Waals surface area contributed by atoms with E-state index in [4.69, 9.17) is 9.47 Å². The molecule has 1 aromatic carbocycles. The molecule has 140 valence electrons. The molecule has 0 aliphatic carbocycles. The summed E-state index contributed by atoms with van der Waals surface area (Å²) in [6, 6.07) is 9.40. The fraction of sp³-hybridized carbons (Fsp3) is 0.524. The minimum Gasteiger partial charge on any atom is -0.422 e. The summed E-state index contributed by atoms with van der Waals surface area (Å²) in [4.78, 5) is 25.2. The van der Waals surface area contributed by atoms with Crippen molar-refractivity contribution in [1.82, 2.24) is 0 Å². The van der Waals surface area contributed by atoms with Crippen LogP contribution in [-0.4, -0.2) is 25.8 Å². The van der Waals surface area contributed by atoms with Crippen LogP contribution in [0.2, 0.25) is 18.1 Å². The van der Waals surface area contributed by atoms with Crippen LogP contribution in [0, 0.1) is 17.4 Å². The molecule has 1 aliphatic heterocycles. The molecule has 1 atom stereocenters. The molecule has 0 N–H and O–H groups in total. The summed E-state index contributed by atoms with van der Waals surface area (Å²) in [5.74, 6) is -0.794. The normalized spacial score (nSPS) is 19.0. The summed E-state index contributed by atoms with van der Waals surface area (Å²) in [7, 11) is -1.90. The standard InChI is InChI=1S/C21H28O4Si/c1-20(2,3)26(6,7)14-13-16(15-11-9-8-10-12-15)17-18(22)24-21(4,5)25-19(17)23/h8-12,16-17H,1-7H3/t16-/m1/s1. The number of hydrogen-bond donors (Lipinski definition) is 0. The lowest BCUT2D eigenvalue weighted by Gasteiger charge is -2.35. The third-order valence-electron chi connectivity index (χ3n) is 5.11. The maximum Gasteiger partial charge on any atom is 0.325 e. The van der Waals surface area contributed by atoms with Crippen LogP contribution in [-0.2, 0) is 19.1 Å². The fourth-order valence-corrected chi connectivity index (χ4v) is 3.36. The minimum absolute atomic E-state index is 0.0802. The van der Waals surface area contributed by atoms with Gasteiger partial charge in [-0.25, -0.2) is 0 Å². The van der Waals surface area contributed by atoms with E-state index in [1.165, 1.54) is 0 Å². The second kappa shape index (κ2) is 6.92. The van der Waals surface area contributed by atoms with Gasteiger partial charge < -0.3 is 9.47 Å². The molecule has 0 unspecified atom stereocenters. The molecule has 2 rings (SSSR count). The fourth-order valence-electron chi connectivity index (χ4n) is 2.47. The first-order valence-electron chi connectivity index (χ1n) is 8.87. The third kappa shape index (κ3) is 4.36. The van der Waals surface area contributed by atoms with E-state index in [0.29, 0.717) is 0 Å². The van der Waals surface area contributed by atoms with Crippen LogP contribution in [0.25, 0.3) is 0 Å². The Kier molecular flexibility index (Phi) is 5.39. The predicted molar refractivity (Wildman–Crippen MR) is 104 cm³/mol. The first kappa shape index (κ1) is 20.3. The van der Waals surface area contributed by atoms with Crippen LogP contribution in [0.1, 0.15) is 46.1 Å². The number of esters is 2. The van der Waals surface area contributed by atoms with E-state index >= 15 is 0 Å². The van der Waals surface area contributed by atoms with Crippen molar-refractivity contribution in [3.05, 3.63) is 35.9 Å². The molecule has 26 heavy (non-hydrogen) atoms. The average Bonchev–Trinajstić information content (AvgIpc) is 2.48. The third-order valence-corrected chi connectivity index (χ3v) is 9.63. The molecule has 5 heteroatoms. The Hall–Kier alpha value is -2.06. The lowest BCUT2D eigenvalue weighted by Crippen LogP contribution is -2.48. The van der Waals surface area contributed by atoms with Crippen molar-refractivity contribution < 1.29 is 19.1 Å². The van der Waals surface area contributed by atoms with Gasteiger partial charge in [0.25, 0.3) is 5.79 Å². The zero-order valence-corrected chi connectivity index (χ0v) is 17.7. The van der Waals surface area contributed by atoms with Crippen LogP contribution in [0.4, 0.5) is 0 Å². The second-order valence-electron chi connectivity index (χ2n) is 8.75. The molecule has 0 saturated carbocycles. The van der Waals surface area contributed by atoms with Crippen LogP contribution in [0.15, 0.2) is 30.3 Å². The van der Waals surface area contributed by atoms with E-state index in [1.54, 1.807) is 13.8 Å². The molecular formula is C21H28O4Si. The Morgan fingerprint density at radius 3 is 2.00 bits per heavy atom. The number of carbonyl (C=O) groups is 2. The van der Waals surface area contributed by atoms with Crippen molar-refractivity contribution in [2.24, 2.45) is 5.92 Å². The maximum atomic E-state index is 12.6. The number of rotatable bonds is 2. The van der Waals surface area contributed by atoms with Gasteiger partial charge in [0.2, 0.25) is 0 Å². The summed E-state index contributed by atoms with van der Waals surface area (Å²) in [6.45, 7) is 14.0. The van der Waals surface area contributed by atoms with Crippen LogP contribution >= 0.6 is 0 Å². The minimum atomic E-state index is -1.90. The quantitative estimate of drug-likeness (QED) is 0.337. The van der Waals surface area contributed by atoms with Crippen molar-refractivity contribution in [2.45, 2.75) is 64.5 Å². The zero-order valence-electron chi connectivity index (χ0n) is 16.7. The van der Waals surface area contributed by atoms with E-state index in [1.807, 2.05) is 30.3 Å². The largest absolute Gasteiger partial charge is 0.422 e. The number of benzene rings is 1. The molecule has 1 heterocycles. The van der Waals surface area contributed by atoms with E-state index in [-0.39, 0.29) is 5.04 Å². The Morgan fingerprint density at radius 2 is 1.54 bits per heavy atom. The van der Waals surface area contributed by atoms with E-state index < -0.39 is 37.6 Å². The van der Waals surface area contributed by atoms with Gasteiger partial charge in [-0.3, -0.25) is 9.59 Å². The molecule has 0 amide bonds. The van der Waals surface area contributed by atoms with Crippen LogP contribution in [0.3, 0.4) is 0 Å². The van der Waals surface area contributed by atoms with E-state index in [0.717, 1.165) is 5.56 Å². The van der Waals surface area contributed by atoms with Crippen LogP contribution in [0.5, 0.6) is 0 Å². The summed E-state index contributed by atoms with van der Waals surface area (Å²) < 4.78 is 10.6. The molecule has 4 nitrogen and oxygen atoms in total. The Balaban J connectivity index is 2.48.